The van der Waals surface area contributed by atoms with Gasteiger partial charge in [-0.15, -0.1) is 0 Å². The van der Waals surface area contributed by atoms with Gasteiger partial charge in [0, 0.05) is 28.7 Å². The number of benzene rings is 2. The number of carbonyl (C=O) groups is 2. The Balaban J connectivity index is 1.61. The van der Waals surface area contributed by atoms with Gasteiger partial charge in [-0.1, -0.05) is 35.3 Å². The molecule has 0 saturated carbocycles. The Kier molecular flexibility index (Phi) is 4.92. The van der Waals surface area contributed by atoms with Crippen molar-refractivity contribution in [2.45, 2.75) is 6.42 Å². The van der Waals surface area contributed by atoms with Gasteiger partial charge in [0.1, 0.15) is 0 Å². The summed E-state index contributed by atoms with van der Waals surface area (Å²) < 4.78 is 0. The molecule has 1 saturated heterocycles. The van der Waals surface area contributed by atoms with E-state index in [1.165, 1.54) is 0 Å². The molecule has 1 aliphatic heterocycles. The summed E-state index contributed by atoms with van der Waals surface area (Å²) in [6.07, 6.45) is 0.162. The van der Waals surface area contributed by atoms with Crippen molar-refractivity contribution in [2.75, 3.05) is 16.9 Å². The van der Waals surface area contributed by atoms with E-state index >= 15 is 0 Å². The van der Waals surface area contributed by atoms with Crippen molar-refractivity contribution in [3.63, 3.8) is 0 Å². The number of carbonyl (C=O) groups excluding carboxylic acids is 2. The van der Waals surface area contributed by atoms with Crippen LogP contribution in [0.3, 0.4) is 0 Å². The molecule has 1 fully saturated rings. The molecule has 1 heterocycles. The van der Waals surface area contributed by atoms with Gasteiger partial charge in [-0.05, 0) is 36.4 Å². The number of hydrogen-bond acceptors (Lipinski definition) is 3. The number of amides is 2. The van der Waals surface area contributed by atoms with E-state index in [1.807, 2.05) is 0 Å². The molecule has 124 valence electrons. The molecule has 5 nitrogen and oxygen atoms in total. The van der Waals surface area contributed by atoms with Crippen molar-refractivity contribution in [2.24, 2.45) is 5.92 Å². The van der Waals surface area contributed by atoms with Gasteiger partial charge >= 0.3 is 0 Å². The first-order valence-electron chi connectivity index (χ1n) is 7.40. The number of rotatable bonds is 4. The third-order valence-corrected chi connectivity index (χ3v) is 4.24. The first kappa shape index (κ1) is 16.6. The molecule has 2 amide bonds. The maximum Gasteiger partial charge on any atom is 0.243 e. The molecule has 0 aromatic heterocycles. The van der Waals surface area contributed by atoms with Crippen LogP contribution in [0, 0.1) is 5.92 Å². The average Bonchev–Trinajstić information content (AvgIpc) is 2.95. The number of halogens is 2. The smallest absolute Gasteiger partial charge is 0.243 e. The Hall–Kier alpha value is -2.24. The van der Waals surface area contributed by atoms with E-state index in [9.17, 15) is 9.59 Å². The maximum absolute atomic E-state index is 12.3. The lowest BCUT2D eigenvalue weighted by molar-refractivity contribution is -0.125. The van der Waals surface area contributed by atoms with Crippen molar-refractivity contribution in [1.29, 1.82) is 0 Å². The highest BCUT2D eigenvalue weighted by Gasteiger charge is 2.35. The summed E-state index contributed by atoms with van der Waals surface area (Å²) in [4.78, 5) is 26.0. The topological polar surface area (TPSA) is 61.4 Å². The van der Waals surface area contributed by atoms with E-state index in [-0.39, 0.29) is 18.2 Å². The van der Waals surface area contributed by atoms with Gasteiger partial charge in [-0.25, -0.2) is 0 Å². The van der Waals surface area contributed by atoms with Crippen LogP contribution in [0.4, 0.5) is 11.4 Å². The predicted octanol–water partition coefficient (Wildman–Crippen LogP) is 3.49. The van der Waals surface area contributed by atoms with Crippen LogP contribution in [-0.2, 0) is 9.59 Å². The number of hydrazine groups is 1. The predicted molar refractivity (Wildman–Crippen MR) is 95.1 cm³/mol. The quantitative estimate of drug-likeness (QED) is 0.817. The number of nitrogens with one attached hydrogen (secondary N) is 2. The summed E-state index contributed by atoms with van der Waals surface area (Å²) in [7, 11) is 0. The zero-order chi connectivity index (χ0) is 17.1. The summed E-state index contributed by atoms with van der Waals surface area (Å²) in [6.45, 7) is 0.322. The van der Waals surface area contributed by atoms with Crippen LogP contribution in [0.1, 0.15) is 6.42 Å². The molecule has 2 N–H and O–H groups in total. The SMILES string of the molecule is O=C(NNc1cccc(Cl)c1)[C@@H]1CC(=O)N(c2cccc(Cl)c2)C1. The first-order chi connectivity index (χ1) is 11.5. The van der Waals surface area contributed by atoms with E-state index in [0.717, 1.165) is 0 Å². The van der Waals surface area contributed by atoms with E-state index in [4.69, 9.17) is 23.2 Å². The lowest BCUT2D eigenvalue weighted by Crippen LogP contribution is -2.36. The van der Waals surface area contributed by atoms with Crippen LogP contribution in [0.25, 0.3) is 0 Å². The van der Waals surface area contributed by atoms with Crippen LogP contribution < -0.4 is 15.8 Å². The maximum atomic E-state index is 12.3. The summed E-state index contributed by atoms with van der Waals surface area (Å²) in [5.74, 6) is -0.767. The largest absolute Gasteiger partial charge is 0.312 e. The lowest BCUT2D eigenvalue weighted by Gasteiger charge is -2.17. The highest BCUT2D eigenvalue weighted by atomic mass is 35.5. The molecular weight excluding hydrogens is 349 g/mol. The minimum atomic E-state index is -0.428. The number of anilines is 2. The van der Waals surface area contributed by atoms with Crippen LogP contribution >= 0.6 is 23.2 Å². The second-order valence-electron chi connectivity index (χ2n) is 5.51. The normalized spacial score (nSPS) is 17.0. The van der Waals surface area contributed by atoms with Crippen molar-refractivity contribution in [3.8, 4) is 0 Å². The molecule has 0 spiro atoms. The Labute approximate surface area is 149 Å². The van der Waals surface area contributed by atoms with E-state index < -0.39 is 5.92 Å². The van der Waals surface area contributed by atoms with E-state index in [0.29, 0.717) is 28.0 Å². The Morgan fingerprint density at radius 1 is 1.08 bits per heavy atom. The number of nitrogens with zero attached hydrogens (tertiary/aromatic N) is 1. The van der Waals surface area contributed by atoms with E-state index in [1.54, 1.807) is 53.4 Å². The van der Waals surface area contributed by atoms with Crippen molar-refractivity contribution in [1.82, 2.24) is 5.43 Å². The molecule has 7 heteroatoms. The zero-order valence-electron chi connectivity index (χ0n) is 12.6. The van der Waals surface area contributed by atoms with Gasteiger partial charge in [-0.2, -0.15) is 0 Å². The third kappa shape index (κ3) is 3.80. The second-order valence-corrected chi connectivity index (χ2v) is 6.38. The minimum Gasteiger partial charge on any atom is -0.312 e. The van der Waals surface area contributed by atoms with Crippen LogP contribution in [-0.4, -0.2) is 18.4 Å². The monoisotopic (exact) mass is 363 g/mol. The van der Waals surface area contributed by atoms with Crippen LogP contribution in [0.15, 0.2) is 48.5 Å². The Morgan fingerprint density at radius 2 is 1.79 bits per heavy atom. The summed E-state index contributed by atoms with van der Waals surface area (Å²) in [5, 5.41) is 1.12. The average molecular weight is 364 g/mol. The molecular formula is C17H15Cl2N3O2. The van der Waals surface area contributed by atoms with Crippen LogP contribution in [0.5, 0.6) is 0 Å². The third-order valence-electron chi connectivity index (χ3n) is 3.77. The van der Waals surface area contributed by atoms with Gasteiger partial charge in [0.05, 0.1) is 11.6 Å². The molecule has 2 aromatic rings. The minimum absolute atomic E-state index is 0.0971. The van der Waals surface area contributed by atoms with Gasteiger partial charge in [0.2, 0.25) is 11.8 Å². The fourth-order valence-electron chi connectivity index (χ4n) is 2.58. The Morgan fingerprint density at radius 3 is 2.50 bits per heavy atom. The Bertz CT molecular complexity index is 782. The standard InChI is InChI=1S/C17H15Cl2N3O2/c18-12-3-1-5-14(8-12)20-21-17(24)11-7-16(23)22(10-11)15-6-2-4-13(19)9-15/h1-6,8-9,11,20H,7,10H2,(H,21,24)/t11-/m1/s1. The molecule has 0 bridgehead atoms. The molecule has 0 radical (unpaired) electrons. The highest BCUT2D eigenvalue weighted by Crippen LogP contribution is 2.27. The van der Waals surface area contributed by atoms with Crippen molar-refractivity contribution in [3.05, 3.63) is 58.6 Å². The summed E-state index contributed by atoms with van der Waals surface area (Å²) in [6, 6.07) is 14.0. The fraction of sp³-hybridized carbons (Fsp3) is 0.176. The first-order valence-corrected chi connectivity index (χ1v) is 8.16. The van der Waals surface area contributed by atoms with Crippen molar-refractivity contribution < 1.29 is 9.59 Å². The molecule has 0 aliphatic carbocycles. The van der Waals surface area contributed by atoms with Gasteiger partial charge in [-0.3, -0.25) is 20.4 Å². The fourth-order valence-corrected chi connectivity index (χ4v) is 2.95. The molecule has 1 aliphatic rings. The van der Waals surface area contributed by atoms with Crippen LogP contribution in [0.2, 0.25) is 10.0 Å². The lowest BCUT2D eigenvalue weighted by atomic mass is 10.1. The van der Waals surface area contributed by atoms with E-state index in [2.05, 4.69) is 10.9 Å². The van der Waals surface area contributed by atoms with Gasteiger partial charge in [0.15, 0.2) is 0 Å². The molecule has 3 rings (SSSR count). The molecule has 0 unspecified atom stereocenters. The zero-order valence-corrected chi connectivity index (χ0v) is 14.1. The highest BCUT2D eigenvalue weighted by molar-refractivity contribution is 6.31. The summed E-state index contributed by atoms with van der Waals surface area (Å²) in [5.41, 5.74) is 6.80. The second kappa shape index (κ2) is 7.11. The van der Waals surface area contributed by atoms with Gasteiger partial charge < -0.3 is 4.90 Å². The number of hydrogen-bond donors (Lipinski definition) is 2. The molecule has 2 aromatic carbocycles. The summed E-state index contributed by atoms with van der Waals surface area (Å²) >= 11 is 11.9. The molecule has 1 atom stereocenters. The van der Waals surface area contributed by atoms with Crippen molar-refractivity contribution >= 4 is 46.4 Å². The van der Waals surface area contributed by atoms with Gasteiger partial charge in [0.25, 0.3) is 0 Å². The molecule has 24 heavy (non-hydrogen) atoms.